The second-order valence-electron chi connectivity index (χ2n) is 5.69. The average Bonchev–Trinajstić information content (AvgIpc) is 3.01. The minimum atomic E-state index is -2.37. The van der Waals surface area contributed by atoms with Gasteiger partial charge in [0, 0.05) is 13.1 Å². The Morgan fingerprint density at radius 2 is 1.88 bits per heavy atom. The van der Waals surface area contributed by atoms with E-state index in [1.807, 2.05) is 6.07 Å². The standard InChI is InChI=1S/C18H24F2N2OS/c1-3-22(2)12-15-6-4-5-14(9-15)10-21-11-16-7-8-17(23-16)13-24-18(19)20/h4-9,18,21H,3,10-13H2,1-2H3. The van der Waals surface area contributed by atoms with Gasteiger partial charge in [-0.1, -0.05) is 43.0 Å². The third-order valence-electron chi connectivity index (χ3n) is 3.68. The molecule has 24 heavy (non-hydrogen) atoms. The molecule has 1 aromatic heterocycles. The summed E-state index contributed by atoms with van der Waals surface area (Å²) in [6, 6.07) is 12.1. The number of rotatable bonds is 10. The molecule has 3 nitrogen and oxygen atoms in total. The predicted octanol–water partition coefficient (Wildman–Crippen LogP) is 4.48. The Bertz CT molecular complexity index is 619. The monoisotopic (exact) mass is 354 g/mol. The molecule has 0 saturated carbocycles. The highest BCUT2D eigenvalue weighted by molar-refractivity contribution is 7.98. The lowest BCUT2D eigenvalue weighted by Gasteiger charge is -2.14. The first kappa shape index (κ1) is 19.0. The summed E-state index contributed by atoms with van der Waals surface area (Å²) in [4.78, 5) is 2.26. The van der Waals surface area contributed by atoms with Crippen LogP contribution in [0, 0.1) is 0 Å². The molecule has 2 aromatic rings. The second kappa shape index (κ2) is 9.81. The van der Waals surface area contributed by atoms with Gasteiger partial charge in [0.05, 0.1) is 12.3 Å². The van der Waals surface area contributed by atoms with Crippen molar-refractivity contribution in [3.05, 3.63) is 59.0 Å². The van der Waals surface area contributed by atoms with E-state index in [-0.39, 0.29) is 5.75 Å². The molecule has 0 fully saturated rings. The van der Waals surface area contributed by atoms with Gasteiger partial charge in [0.25, 0.3) is 5.76 Å². The minimum absolute atomic E-state index is 0.199. The van der Waals surface area contributed by atoms with E-state index < -0.39 is 5.76 Å². The van der Waals surface area contributed by atoms with Gasteiger partial charge in [-0.3, -0.25) is 0 Å². The smallest absolute Gasteiger partial charge is 0.284 e. The van der Waals surface area contributed by atoms with Crippen LogP contribution in [-0.4, -0.2) is 24.2 Å². The maximum atomic E-state index is 12.2. The summed E-state index contributed by atoms with van der Waals surface area (Å²) in [6.07, 6.45) is 0. The topological polar surface area (TPSA) is 28.4 Å². The van der Waals surface area contributed by atoms with Gasteiger partial charge in [-0.25, -0.2) is 0 Å². The summed E-state index contributed by atoms with van der Waals surface area (Å²) in [7, 11) is 2.10. The van der Waals surface area contributed by atoms with Crippen LogP contribution in [0.3, 0.4) is 0 Å². The van der Waals surface area contributed by atoms with Crippen LogP contribution in [0.1, 0.15) is 29.6 Å². The lowest BCUT2D eigenvalue weighted by Crippen LogP contribution is -2.17. The first-order valence-electron chi connectivity index (χ1n) is 8.01. The zero-order valence-corrected chi connectivity index (χ0v) is 14.9. The van der Waals surface area contributed by atoms with Crippen molar-refractivity contribution in [3.63, 3.8) is 0 Å². The van der Waals surface area contributed by atoms with Crippen molar-refractivity contribution in [2.24, 2.45) is 0 Å². The number of nitrogens with one attached hydrogen (secondary N) is 1. The molecule has 0 aliphatic heterocycles. The summed E-state index contributed by atoms with van der Waals surface area (Å²) in [5, 5.41) is 3.33. The van der Waals surface area contributed by atoms with Crippen LogP contribution in [0.4, 0.5) is 8.78 Å². The molecule has 1 heterocycles. The molecule has 0 bridgehead atoms. The number of halogens is 2. The molecule has 0 aliphatic rings. The Balaban J connectivity index is 1.78. The first-order valence-corrected chi connectivity index (χ1v) is 9.06. The predicted molar refractivity (Wildman–Crippen MR) is 95.0 cm³/mol. The molecule has 132 valence electrons. The van der Waals surface area contributed by atoms with Gasteiger partial charge in [-0.05, 0) is 36.9 Å². The molecule has 0 spiro atoms. The quantitative estimate of drug-likeness (QED) is 0.681. The fourth-order valence-electron chi connectivity index (χ4n) is 2.33. The molecule has 0 radical (unpaired) electrons. The van der Waals surface area contributed by atoms with Gasteiger partial charge < -0.3 is 14.6 Å². The maximum absolute atomic E-state index is 12.2. The molecular weight excluding hydrogens is 330 g/mol. The highest BCUT2D eigenvalue weighted by atomic mass is 32.2. The average molecular weight is 354 g/mol. The van der Waals surface area contributed by atoms with Crippen molar-refractivity contribution >= 4 is 11.8 Å². The van der Waals surface area contributed by atoms with Gasteiger partial charge in [0.15, 0.2) is 0 Å². The van der Waals surface area contributed by atoms with E-state index in [1.54, 1.807) is 6.07 Å². The molecule has 0 saturated heterocycles. The summed E-state index contributed by atoms with van der Waals surface area (Å²) >= 11 is 0.575. The zero-order valence-electron chi connectivity index (χ0n) is 14.1. The SMILES string of the molecule is CCN(C)Cc1cccc(CNCc2ccc(CSC(F)F)o2)c1. The molecule has 0 aliphatic carbocycles. The number of thioether (sulfide) groups is 1. The molecule has 1 aromatic carbocycles. The summed E-state index contributed by atoms with van der Waals surface area (Å²) < 4.78 is 29.9. The number of hydrogen-bond acceptors (Lipinski definition) is 4. The van der Waals surface area contributed by atoms with Crippen molar-refractivity contribution in [3.8, 4) is 0 Å². The van der Waals surface area contributed by atoms with E-state index in [2.05, 4.69) is 48.5 Å². The lowest BCUT2D eigenvalue weighted by molar-refractivity contribution is 0.251. The molecule has 1 N–H and O–H groups in total. The van der Waals surface area contributed by atoms with Crippen LogP contribution in [-0.2, 0) is 25.4 Å². The fraction of sp³-hybridized carbons (Fsp3) is 0.444. The Kier molecular flexibility index (Phi) is 7.75. The van der Waals surface area contributed by atoms with Crippen molar-refractivity contribution < 1.29 is 13.2 Å². The normalized spacial score (nSPS) is 11.6. The van der Waals surface area contributed by atoms with E-state index in [0.717, 1.165) is 25.4 Å². The van der Waals surface area contributed by atoms with Crippen molar-refractivity contribution in [1.29, 1.82) is 0 Å². The van der Waals surface area contributed by atoms with Gasteiger partial charge in [-0.2, -0.15) is 8.78 Å². The number of benzene rings is 1. The lowest BCUT2D eigenvalue weighted by atomic mass is 10.1. The largest absolute Gasteiger partial charge is 0.464 e. The van der Waals surface area contributed by atoms with E-state index in [1.165, 1.54) is 11.1 Å². The van der Waals surface area contributed by atoms with Gasteiger partial charge in [0.2, 0.25) is 0 Å². The fourth-order valence-corrected chi connectivity index (χ4v) is 2.78. The third-order valence-corrected chi connectivity index (χ3v) is 4.38. The first-order chi connectivity index (χ1) is 11.6. The van der Waals surface area contributed by atoms with Crippen molar-refractivity contribution in [2.75, 3.05) is 13.6 Å². The Morgan fingerprint density at radius 3 is 2.62 bits per heavy atom. The Labute approximate surface area is 146 Å². The van der Waals surface area contributed by atoms with E-state index in [4.69, 9.17) is 4.42 Å². The van der Waals surface area contributed by atoms with Crippen LogP contribution in [0.25, 0.3) is 0 Å². The molecule has 6 heteroatoms. The third kappa shape index (κ3) is 6.63. The van der Waals surface area contributed by atoms with E-state index in [9.17, 15) is 8.78 Å². The van der Waals surface area contributed by atoms with E-state index >= 15 is 0 Å². The van der Waals surface area contributed by atoms with Crippen LogP contribution in [0.15, 0.2) is 40.8 Å². The molecule has 0 unspecified atom stereocenters. The zero-order chi connectivity index (χ0) is 17.4. The summed E-state index contributed by atoms with van der Waals surface area (Å²) in [5.74, 6) is -0.816. The van der Waals surface area contributed by atoms with Crippen LogP contribution in [0.5, 0.6) is 0 Å². The van der Waals surface area contributed by atoms with Crippen molar-refractivity contribution in [2.45, 2.75) is 38.1 Å². The number of nitrogens with zero attached hydrogens (tertiary/aromatic N) is 1. The highest BCUT2D eigenvalue weighted by Gasteiger charge is 2.07. The van der Waals surface area contributed by atoms with Crippen molar-refractivity contribution in [1.82, 2.24) is 10.2 Å². The highest BCUT2D eigenvalue weighted by Crippen LogP contribution is 2.21. The van der Waals surface area contributed by atoms with Gasteiger partial charge >= 0.3 is 0 Å². The number of furan rings is 1. The molecular formula is C18H24F2N2OS. The van der Waals surface area contributed by atoms with Gasteiger partial charge in [0.1, 0.15) is 11.5 Å². The molecule has 0 atom stereocenters. The Morgan fingerprint density at radius 1 is 1.12 bits per heavy atom. The number of hydrogen-bond donors (Lipinski definition) is 1. The second-order valence-corrected chi connectivity index (χ2v) is 6.67. The number of alkyl halides is 2. The minimum Gasteiger partial charge on any atom is -0.464 e. The van der Waals surface area contributed by atoms with Crippen LogP contribution >= 0.6 is 11.8 Å². The maximum Gasteiger partial charge on any atom is 0.284 e. The van der Waals surface area contributed by atoms with Gasteiger partial charge in [-0.15, -0.1) is 0 Å². The summed E-state index contributed by atoms with van der Waals surface area (Å²) in [5.41, 5.74) is 2.51. The van der Waals surface area contributed by atoms with Crippen LogP contribution < -0.4 is 5.32 Å². The molecule has 2 rings (SSSR count). The summed E-state index contributed by atoms with van der Waals surface area (Å²) in [6.45, 7) is 5.42. The van der Waals surface area contributed by atoms with E-state index in [0.29, 0.717) is 24.1 Å². The van der Waals surface area contributed by atoms with Crippen LogP contribution in [0.2, 0.25) is 0 Å². The molecule has 0 amide bonds. The Hall–Kier alpha value is -1.37.